The second-order valence-corrected chi connectivity index (χ2v) is 5.90. The van der Waals surface area contributed by atoms with Gasteiger partial charge >= 0.3 is 0 Å². The lowest BCUT2D eigenvalue weighted by Crippen LogP contribution is -2.35. The van der Waals surface area contributed by atoms with Crippen LogP contribution in [0.25, 0.3) is 0 Å². The van der Waals surface area contributed by atoms with E-state index in [-0.39, 0.29) is 5.91 Å². The first kappa shape index (κ1) is 14.5. The van der Waals surface area contributed by atoms with Gasteiger partial charge in [0.1, 0.15) is 0 Å². The van der Waals surface area contributed by atoms with Crippen LogP contribution in [-0.2, 0) is 20.0 Å². The van der Waals surface area contributed by atoms with Gasteiger partial charge in [-0.25, -0.2) is 0 Å². The van der Waals surface area contributed by atoms with Crippen LogP contribution >= 0.6 is 0 Å². The van der Waals surface area contributed by atoms with E-state index in [4.69, 9.17) is 0 Å². The highest BCUT2D eigenvalue weighted by atomic mass is 16.2. The van der Waals surface area contributed by atoms with Crippen molar-refractivity contribution < 1.29 is 4.79 Å². The lowest BCUT2D eigenvalue weighted by atomic mass is 10.1. The highest BCUT2D eigenvalue weighted by molar-refractivity contribution is 5.94. The van der Waals surface area contributed by atoms with E-state index >= 15 is 0 Å². The Labute approximate surface area is 139 Å². The zero-order valence-corrected chi connectivity index (χ0v) is 13.4. The van der Waals surface area contributed by atoms with Crippen LogP contribution in [0.1, 0.15) is 21.6 Å². The van der Waals surface area contributed by atoms with E-state index in [1.54, 1.807) is 17.1 Å². The summed E-state index contributed by atoms with van der Waals surface area (Å²) in [4.78, 5) is 14.5. The Balaban J connectivity index is 1.56. The molecule has 0 bridgehead atoms. The number of amides is 1. The topological polar surface area (TPSA) is 78.8 Å². The number of nitrogens with zero attached hydrogens (tertiary/aromatic N) is 4. The summed E-state index contributed by atoms with van der Waals surface area (Å²) < 4.78 is 1.64. The van der Waals surface area contributed by atoms with Crippen molar-refractivity contribution in [3.05, 3.63) is 59.5 Å². The summed E-state index contributed by atoms with van der Waals surface area (Å²) in [6, 6.07) is 9.89. The van der Waals surface area contributed by atoms with E-state index in [2.05, 4.69) is 20.6 Å². The molecule has 0 unspecified atom stereocenters. The molecule has 3 heterocycles. The van der Waals surface area contributed by atoms with E-state index < -0.39 is 0 Å². The van der Waals surface area contributed by atoms with Crippen LogP contribution in [-0.4, -0.2) is 37.3 Å². The molecule has 1 amide bonds. The van der Waals surface area contributed by atoms with E-state index in [0.717, 1.165) is 29.2 Å². The maximum absolute atomic E-state index is 12.6. The average molecular weight is 322 g/mol. The van der Waals surface area contributed by atoms with Crippen molar-refractivity contribution in [1.29, 1.82) is 0 Å². The summed E-state index contributed by atoms with van der Waals surface area (Å²) in [5.41, 5.74) is 3.72. The summed E-state index contributed by atoms with van der Waals surface area (Å²) in [7, 11) is 1.81. The molecule has 0 aliphatic carbocycles. The van der Waals surface area contributed by atoms with Crippen molar-refractivity contribution >= 4 is 17.4 Å². The number of fused-ring (bicyclic) bond motifs is 1. The number of carbonyl (C=O) groups excluding carboxylic acids is 1. The third-order valence-electron chi connectivity index (χ3n) is 4.21. The maximum Gasteiger partial charge on any atom is 0.257 e. The fourth-order valence-electron chi connectivity index (χ4n) is 2.94. The molecule has 7 nitrogen and oxygen atoms in total. The van der Waals surface area contributed by atoms with Crippen LogP contribution in [0.4, 0.5) is 11.5 Å². The van der Waals surface area contributed by atoms with Gasteiger partial charge in [-0.2, -0.15) is 10.2 Å². The molecule has 0 atom stereocenters. The second-order valence-electron chi connectivity index (χ2n) is 5.90. The van der Waals surface area contributed by atoms with Crippen molar-refractivity contribution in [1.82, 2.24) is 24.9 Å². The maximum atomic E-state index is 12.6. The smallest absolute Gasteiger partial charge is 0.257 e. The van der Waals surface area contributed by atoms with Crippen molar-refractivity contribution in [2.24, 2.45) is 7.05 Å². The minimum Gasteiger partial charge on any atom is -0.338 e. The number of rotatable bonds is 3. The van der Waals surface area contributed by atoms with Crippen LogP contribution in [0.2, 0.25) is 0 Å². The Kier molecular flexibility index (Phi) is 3.53. The standard InChI is InChI=1S/C17H18N6O/c1-22-10-12(9-18-22)17(24)23-8-7-15-14(11-23)16(21-20-15)19-13-5-3-2-4-6-13/h2-6,9-10H,7-8,11H2,1H3,(H2,19,20,21). The van der Waals surface area contributed by atoms with E-state index in [1.807, 2.05) is 42.3 Å². The SMILES string of the molecule is Cn1cc(C(=O)N2CCc3[nH]nc(Nc4ccccc4)c3C2)cn1. The van der Waals surface area contributed by atoms with Crippen molar-refractivity contribution in [3.8, 4) is 0 Å². The molecule has 0 fully saturated rings. The van der Waals surface area contributed by atoms with Crippen molar-refractivity contribution in [2.45, 2.75) is 13.0 Å². The summed E-state index contributed by atoms with van der Waals surface area (Å²) in [6.07, 6.45) is 4.12. The lowest BCUT2D eigenvalue weighted by Gasteiger charge is -2.26. The number of H-pyrrole nitrogens is 1. The number of benzene rings is 1. The third kappa shape index (κ3) is 2.64. The number of anilines is 2. The first-order chi connectivity index (χ1) is 11.7. The molecule has 0 spiro atoms. The zero-order chi connectivity index (χ0) is 16.5. The minimum absolute atomic E-state index is 0.000566. The van der Waals surface area contributed by atoms with E-state index in [1.165, 1.54) is 0 Å². The fraction of sp³-hybridized carbons (Fsp3) is 0.235. The normalized spacial score (nSPS) is 13.6. The molecule has 1 aromatic carbocycles. The van der Waals surface area contributed by atoms with Crippen molar-refractivity contribution in [3.63, 3.8) is 0 Å². The summed E-state index contributed by atoms with van der Waals surface area (Å²) in [6.45, 7) is 1.21. The van der Waals surface area contributed by atoms with Gasteiger partial charge in [-0.3, -0.25) is 14.6 Å². The van der Waals surface area contributed by atoms with Gasteiger partial charge in [0.15, 0.2) is 5.82 Å². The van der Waals surface area contributed by atoms with Gasteiger partial charge in [0.2, 0.25) is 0 Å². The predicted molar refractivity (Wildman–Crippen MR) is 90.0 cm³/mol. The van der Waals surface area contributed by atoms with Gasteiger partial charge in [-0.1, -0.05) is 18.2 Å². The second kappa shape index (κ2) is 5.84. The molecule has 0 radical (unpaired) electrons. The predicted octanol–water partition coefficient (Wildman–Crippen LogP) is 2.09. The molecule has 0 saturated heterocycles. The lowest BCUT2D eigenvalue weighted by molar-refractivity contribution is 0.0734. The molecule has 4 rings (SSSR count). The van der Waals surface area contributed by atoms with Crippen LogP contribution in [0.3, 0.4) is 0 Å². The van der Waals surface area contributed by atoms with Crippen LogP contribution < -0.4 is 5.32 Å². The Morgan fingerprint density at radius 2 is 2.12 bits per heavy atom. The van der Waals surface area contributed by atoms with Crippen molar-refractivity contribution in [2.75, 3.05) is 11.9 Å². The summed E-state index contributed by atoms with van der Waals surface area (Å²) >= 11 is 0. The number of aromatic nitrogens is 4. The molecular weight excluding hydrogens is 304 g/mol. The van der Waals surface area contributed by atoms with E-state index in [0.29, 0.717) is 18.7 Å². The number of carbonyl (C=O) groups is 1. The number of aromatic amines is 1. The molecule has 1 aliphatic heterocycles. The zero-order valence-electron chi connectivity index (χ0n) is 13.4. The quantitative estimate of drug-likeness (QED) is 0.774. The summed E-state index contributed by atoms with van der Waals surface area (Å²) in [5.74, 6) is 0.778. The summed E-state index contributed by atoms with van der Waals surface area (Å²) in [5, 5.41) is 14.9. The van der Waals surface area contributed by atoms with Gasteiger partial charge in [-0.05, 0) is 12.1 Å². The highest BCUT2D eigenvalue weighted by Crippen LogP contribution is 2.27. The third-order valence-corrected chi connectivity index (χ3v) is 4.21. The van der Waals surface area contributed by atoms with Crippen LogP contribution in [0, 0.1) is 0 Å². The van der Waals surface area contributed by atoms with Gasteiger partial charge in [-0.15, -0.1) is 0 Å². The first-order valence-corrected chi connectivity index (χ1v) is 7.87. The largest absolute Gasteiger partial charge is 0.338 e. The molecule has 1 aliphatic rings. The number of para-hydroxylation sites is 1. The molecule has 7 heteroatoms. The van der Waals surface area contributed by atoms with Gasteiger partial charge < -0.3 is 10.2 Å². The molecular formula is C17H18N6O. The molecule has 2 aromatic heterocycles. The van der Waals surface area contributed by atoms with Crippen LogP contribution in [0.15, 0.2) is 42.7 Å². The van der Waals surface area contributed by atoms with Gasteiger partial charge in [0.05, 0.1) is 18.3 Å². The molecule has 122 valence electrons. The fourth-order valence-corrected chi connectivity index (χ4v) is 2.94. The molecule has 0 saturated carbocycles. The monoisotopic (exact) mass is 322 g/mol. The van der Waals surface area contributed by atoms with Crippen LogP contribution in [0.5, 0.6) is 0 Å². The first-order valence-electron chi connectivity index (χ1n) is 7.87. The Morgan fingerprint density at radius 3 is 2.88 bits per heavy atom. The Hall–Kier alpha value is -3.09. The highest BCUT2D eigenvalue weighted by Gasteiger charge is 2.26. The minimum atomic E-state index is 0.000566. The molecule has 3 aromatic rings. The number of aryl methyl sites for hydroxylation is 1. The Morgan fingerprint density at radius 1 is 1.29 bits per heavy atom. The number of hydrogen-bond acceptors (Lipinski definition) is 4. The van der Waals surface area contributed by atoms with Gasteiger partial charge in [0, 0.05) is 43.2 Å². The van der Waals surface area contributed by atoms with E-state index in [9.17, 15) is 4.79 Å². The molecule has 2 N–H and O–H groups in total. The van der Waals surface area contributed by atoms with Gasteiger partial charge in [0.25, 0.3) is 5.91 Å². The Bertz CT molecular complexity index is 866. The number of nitrogens with one attached hydrogen (secondary N) is 2. The number of hydrogen-bond donors (Lipinski definition) is 2. The molecule has 24 heavy (non-hydrogen) atoms. The average Bonchev–Trinajstić information content (AvgIpc) is 3.21.